The highest BCUT2D eigenvalue weighted by atomic mass is 16.5. The first-order valence-corrected chi connectivity index (χ1v) is 5.87. The lowest BCUT2D eigenvalue weighted by Gasteiger charge is -2.29. The Bertz CT molecular complexity index is 283. The zero-order chi connectivity index (χ0) is 12.1. The first-order valence-electron chi connectivity index (χ1n) is 5.87. The third kappa shape index (κ3) is 2.96. The van der Waals surface area contributed by atoms with Crippen molar-refractivity contribution >= 4 is 5.91 Å². The second kappa shape index (κ2) is 5.86. The molecule has 0 aromatic rings. The van der Waals surface area contributed by atoms with Gasteiger partial charge in [-0.25, -0.2) is 0 Å². The molecule has 1 heterocycles. The number of amides is 1. The molecule has 0 radical (unpaired) electrons. The van der Waals surface area contributed by atoms with E-state index in [1.54, 1.807) is 4.90 Å². The molecule has 16 heavy (non-hydrogen) atoms. The summed E-state index contributed by atoms with van der Waals surface area (Å²) in [6.45, 7) is 7.10. The zero-order valence-corrected chi connectivity index (χ0v) is 10.3. The molecule has 0 saturated carbocycles. The normalized spacial score (nSPS) is 24.4. The molecule has 1 amide bonds. The zero-order valence-electron chi connectivity index (χ0n) is 10.3. The SMILES string of the molecule is CC1OCCC1C(=O)N(CCC#N)C(C)C. The van der Waals surface area contributed by atoms with Crippen LogP contribution in [0.1, 0.15) is 33.6 Å². The van der Waals surface area contributed by atoms with Crippen LogP contribution in [0.3, 0.4) is 0 Å². The third-order valence-corrected chi connectivity index (χ3v) is 3.06. The van der Waals surface area contributed by atoms with Gasteiger partial charge >= 0.3 is 0 Å². The van der Waals surface area contributed by atoms with E-state index in [-0.39, 0.29) is 24.0 Å². The summed E-state index contributed by atoms with van der Waals surface area (Å²) in [5, 5.41) is 8.58. The number of nitrogens with zero attached hydrogens (tertiary/aromatic N) is 2. The van der Waals surface area contributed by atoms with Crippen molar-refractivity contribution in [2.45, 2.75) is 45.8 Å². The second-order valence-electron chi connectivity index (χ2n) is 4.50. The van der Waals surface area contributed by atoms with E-state index in [1.165, 1.54) is 0 Å². The second-order valence-corrected chi connectivity index (χ2v) is 4.50. The largest absolute Gasteiger partial charge is 0.378 e. The van der Waals surface area contributed by atoms with E-state index in [0.29, 0.717) is 19.6 Å². The molecule has 0 aromatic carbocycles. The van der Waals surface area contributed by atoms with E-state index in [0.717, 1.165) is 6.42 Å². The van der Waals surface area contributed by atoms with Crippen molar-refractivity contribution in [3.63, 3.8) is 0 Å². The minimum absolute atomic E-state index is 0.0100. The van der Waals surface area contributed by atoms with Crippen molar-refractivity contribution in [2.75, 3.05) is 13.2 Å². The molecule has 0 spiro atoms. The van der Waals surface area contributed by atoms with Crippen LogP contribution in [-0.4, -0.2) is 36.1 Å². The monoisotopic (exact) mass is 224 g/mol. The molecule has 90 valence electrons. The van der Waals surface area contributed by atoms with E-state index >= 15 is 0 Å². The predicted molar refractivity (Wildman–Crippen MR) is 60.6 cm³/mol. The molecule has 0 aliphatic carbocycles. The number of hydrogen-bond donors (Lipinski definition) is 0. The van der Waals surface area contributed by atoms with E-state index in [2.05, 4.69) is 6.07 Å². The van der Waals surface area contributed by atoms with Crippen LogP contribution in [0.15, 0.2) is 0 Å². The average molecular weight is 224 g/mol. The molecule has 1 rings (SSSR count). The lowest BCUT2D eigenvalue weighted by molar-refractivity contribution is -0.138. The molecule has 0 N–H and O–H groups in total. The molecule has 4 nitrogen and oxygen atoms in total. The Morgan fingerprint density at radius 2 is 2.31 bits per heavy atom. The summed E-state index contributed by atoms with van der Waals surface area (Å²) < 4.78 is 5.41. The van der Waals surface area contributed by atoms with Crippen LogP contribution in [0, 0.1) is 17.2 Å². The molecular weight excluding hydrogens is 204 g/mol. The number of ether oxygens (including phenoxy) is 1. The fourth-order valence-electron chi connectivity index (χ4n) is 2.06. The lowest BCUT2D eigenvalue weighted by Crippen LogP contribution is -2.43. The Morgan fingerprint density at radius 3 is 2.75 bits per heavy atom. The van der Waals surface area contributed by atoms with Gasteiger partial charge in [-0.05, 0) is 27.2 Å². The van der Waals surface area contributed by atoms with Crippen LogP contribution in [0.5, 0.6) is 0 Å². The summed E-state index contributed by atoms with van der Waals surface area (Å²) >= 11 is 0. The van der Waals surface area contributed by atoms with Gasteiger partial charge in [-0.2, -0.15) is 5.26 Å². The fraction of sp³-hybridized carbons (Fsp3) is 0.833. The first kappa shape index (κ1) is 13.0. The molecule has 2 atom stereocenters. The molecule has 2 unspecified atom stereocenters. The molecular formula is C12H20N2O2. The maximum atomic E-state index is 12.2. The molecule has 4 heteroatoms. The molecule has 1 fully saturated rings. The summed E-state index contributed by atoms with van der Waals surface area (Å²) in [5.74, 6) is 0.108. The first-order chi connectivity index (χ1) is 7.57. The molecule has 0 aromatic heterocycles. The van der Waals surface area contributed by atoms with E-state index in [9.17, 15) is 4.79 Å². The van der Waals surface area contributed by atoms with Crippen LogP contribution in [0.2, 0.25) is 0 Å². The fourth-order valence-corrected chi connectivity index (χ4v) is 2.06. The molecule has 0 bridgehead atoms. The number of carbonyl (C=O) groups is 1. The minimum atomic E-state index is -0.0268. The number of nitriles is 1. The summed E-state index contributed by atoms with van der Waals surface area (Å²) in [4.78, 5) is 14.0. The average Bonchev–Trinajstić information content (AvgIpc) is 2.64. The third-order valence-electron chi connectivity index (χ3n) is 3.06. The van der Waals surface area contributed by atoms with Crippen LogP contribution < -0.4 is 0 Å². The maximum absolute atomic E-state index is 12.2. The van der Waals surface area contributed by atoms with Crippen molar-refractivity contribution in [3.05, 3.63) is 0 Å². The summed E-state index contributed by atoms with van der Waals surface area (Å²) in [6.07, 6.45) is 1.21. The van der Waals surface area contributed by atoms with Gasteiger partial charge in [-0.1, -0.05) is 0 Å². The van der Waals surface area contributed by atoms with Crippen molar-refractivity contribution in [1.29, 1.82) is 5.26 Å². The van der Waals surface area contributed by atoms with Gasteiger partial charge in [0.25, 0.3) is 0 Å². The molecule has 1 aliphatic rings. The lowest BCUT2D eigenvalue weighted by atomic mass is 10.00. The minimum Gasteiger partial charge on any atom is -0.378 e. The van der Waals surface area contributed by atoms with E-state index in [4.69, 9.17) is 10.00 Å². The van der Waals surface area contributed by atoms with Gasteiger partial charge < -0.3 is 9.64 Å². The number of rotatable bonds is 4. The summed E-state index contributed by atoms with van der Waals surface area (Å²) in [5.41, 5.74) is 0. The van der Waals surface area contributed by atoms with E-state index < -0.39 is 0 Å². The standard InChI is InChI=1S/C12H20N2O2/c1-9(2)14(7-4-6-13)12(15)11-5-8-16-10(11)3/h9-11H,4-5,7-8H2,1-3H3. The Hall–Kier alpha value is -1.08. The molecule has 1 saturated heterocycles. The van der Waals surface area contributed by atoms with Crippen LogP contribution >= 0.6 is 0 Å². The van der Waals surface area contributed by atoms with Crippen molar-refractivity contribution in [1.82, 2.24) is 4.90 Å². The van der Waals surface area contributed by atoms with Crippen LogP contribution in [0.25, 0.3) is 0 Å². The van der Waals surface area contributed by atoms with Gasteiger partial charge in [0.15, 0.2) is 0 Å². The summed E-state index contributed by atoms with van der Waals surface area (Å²) in [6, 6.07) is 2.23. The van der Waals surface area contributed by atoms with Crippen molar-refractivity contribution in [2.24, 2.45) is 5.92 Å². The van der Waals surface area contributed by atoms with Gasteiger partial charge in [0, 0.05) is 19.2 Å². The maximum Gasteiger partial charge on any atom is 0.228 e. The number of carbonyl (C=O) groups excluding carboxylic acids is 1. The van der Waals surface area contributed by atoms with Crippen molar-refractivity contribution in [3.8, 4) is 6.07 Å². The van der Waals surface area contributed by atoms with Gasteiger partial charge in [-0.3, -0.25) is 4.79 Å². The van der Waals surface area contributed by atoms with Gasteiger partial charge in [0.2, 0.25) is 5.91 Å². The van der Waals surface area contributed by atoms with Crippen molar-refractivity contribution < 1.29 is 9.53 Å². The Morgan fingerprint density at radius 1 is 1.62 bits per heavy atom. The van der Waals surface area contributed by atoms with Crippen LogP contribution in [0.4, 0.5) is 0 Å². The smallest absolute Gasteiger partial charge is 0.228 e. The Balaban J connectivity index is 2.63. The quantitative estimate of drug-likeness (QED) is 0.728. The highest BCUT2D eigenvalue weighted by molar-refractivity contribution is 5.80. The summed E-state index contributed by atoms with van der Waals surface area (Å²) in [7, 11) is 0. The molecule has 1 aliphatic heterocycles. The van der Waals surface area contributed by atoms with Gasteiger partial charge in [0.05, 0.1) is 24.5 Å². The highest BCUT2D eigenvalue weighted by Crippen LogP contribution is 2.23. The van der Waals surface area contributed by atoms with Gasteiger partial charge in [0.1, 0.15) is 0 Å². The topological polar surface area (TPSA) is 53.3 Å². The van der Waals surface area contributed by atoms with Gasteiger partial charge in [-0.15, -0.1) is 0 Å². The number of hydrogen-bond acceptors (Lipinski definition) is 3. The Labute approximate surface area is 97.2 Å². The highest BCUT2D eigenvalue weighted by Gasteiger charge is 2.34. The van der Waals surface area contributed by atoms with E-state index in [1.807, 2.05) is 20.8 Å². The van der Waals surface area contributed by atoms with Crippen LogP contribution in [-0.2, 0) is 9.53 Å². The Kier molecular flexibility index (Phi) is 4.75. The predicted octanol–water partition coefficient (Wildman–Crippen LogP) is 1.56.